The van der Waals surface area contributed by atoms with Gasteiger partial charge in [-0.2, -0.15) is 0 Å². The molecule has 0 saturated heterocycles. The van der Waals surface area contributed by atoms with Crippen molar-refractivity contribution in [3.8, 4) is 0 Å². The molecule has 0 unspecified atom stereocenters. The van der Waals surface area contributed by atoms with E-state index in [9.17, 15) is 0 Å². The average molecular weight is 213 g/mol. The number of amidine groups is 1. The Labute approximate surface area is 89.0 Å². The first-order chi connectivity index (χ1) is 6.18. The van der Waals surface area contributed by atoms with Crippen LogP contribution in [0.2, 0.25) is 0 Å². The summed E-state index contributed by atoms with van der Waals surface area (Å²) in [4.78, 5) is 6.27. The van der Waals surface area contributed by atoms with Crippen molar-refractivity contribution in [3.63, 3.8) is 0 Å². The molecule has 0 aliphatic carbocycles. The Morgan fingerprint density at radius 1 is 1.64 bits per heavy atom. The second-order valence-corrected chi connectivity index (χ2v) is 3.28. The zero-order valence-corrected chi connectivity index (χ0v) is 8.77. The van der Waals surface area contributed by atoms with Crippen LogP contribution in [-0.2, 0) is 6.42 Å². The van der Waals surface area contributed by atoms with Gasteiger partial charge in [-0.1, -0.05) is 0 Å². The summed E-state index contributed by atoms with van der Waals surface area (Å²) >= 11 is 0. The summed E-state index contributed by atoms with van der Waals surface area (Å²) in [5, 5.41) is 7.25. The number of fused-ring (bicyclic) bond motifs is 1. The largest absolute Gasteiger partial charge is 0.382 e. The highest BCUT2D eigenvalue weighted by molar-refractivity contribution is 5.93. The van der Waals surface area contributed by atoms with Crippen LogP contribution in [0.5, 0.6) is 0 Å². The molecule has 0 atom stereocenters. The van der Waals surface area contributed by atoms with Gasteiger partial charge in [-0.05, 0) is 18.1 Å². The SMILES string of the molecule is CN1CCc2cc(C(=N)N)ncc21.Cl. The van der Waals surface area contributed by atoms with E-state index in [-0.39, 0.29) is 18.2 Å². The van der Waals surface area contributed by atoms with Crippen molar-refractivity contribution in [2.24, 2.45) is 5.73 Å². The third-order valence-electron chi connectivity index (χ3n) is 2.37. The van der Waals surface area contributed by atoms with Gasteiger partial charge in [0.15, 0.2) is 0 Å². The number of nitrogens with zero attached hydrogens (tertiary/aromatic N) is 2. The number of rotatable bonds is 1. The van der Waals surface area contributed by atoms with Crippen LogP contribution < -0.4 is 10.6 Å². The van der Waals surface area contributed by atoms with E-state index in [0.717, 1.165) is 18.7 Å². The molecule has 0 amide bonds. The third kappa shape index (κ3) is 1.65. The molecule has 2 heterocycles. The predicted molar refractivity (Wildman–Crippen MR) is 59.5 cm³/mol. The number of aromatic nitrogens is 1. The normalized spacial score (nSPS) is 13.4. The lowest BCUT2D eigenvalue weighted by Crippen LogP contribution is -2.14. The van der Waals surface area contributed by atoms with Gasteiger partial charge in [0.1, 0.15) is 11.5 Å². The minimum atomic E-state index is 0. The van der Waals surface area contributed by atoms with Crippen LogP contribution >= 0.6 is 12.4 Å². The van der Waals surface area contributed by atoms with Gasteiger partial charge in [-0.3, -0.25) is 10.4 Å². The number of halogens is 1. The van der Waals surface area contributed by atoms with Crippen LogP contribution in [0, 0.1) is 5.41 Å². The standard InChI is InChI=1S/C9H12N4.ClH/c1-13-3-2-6-4-7(9(10)11)12-5-8(6)13;/h4-5H,2-3H2,1H3,(H3,10,11);1H. The fourth-order valence-corrected chi connectivity index (χ4v) is 1.59. The van der Waals surface area contributed by atoms with E-state index < -0.39 is 0 Å². The second kappa shape index (κ2) is 3.84. The molecule has 1 aromatic heterocycles. The molecule has 0 spiro atoms. The van der Waals surface area contributed by atoms with Gasteiger partial charge in [0.05, 0.1) is 11.9 Å². The highest BCUT2D eigenvalue weighted by Crippen LogP contribution is 2.25. The van der Waals surface area contributed by atoms with Gasteiger partial charge in [0.2, 0.25) is 0 Å². The third-order valence-corrected chi connectivity index (χ3v) is 2.37. The van der Waals surface area contributed by atoms with Crippen molar-refractivity contribution in [2.45, 2.75) is 6.42 Å². The number of hydrogen-bond donors (Lipinski definition) is 2. The molecule has 0 fully saturated rings. The maximum atomic E-state index is 7.25. The predicted octanol–water partition coefficient (Wildman–Crippen LogP) is 0.780. The van der Waals surface area contributed by atoms with Crippen molar-refractivity contribution < 1.29 is 0 Å². The molecule has 5 heteroatoms. The molecule has 76 valence electrons. The second-order valence-electron chi connectivity index (χ2n) is 3.28. The van der Waals surface area contributed by atoms with E-state index >= 15 is 0 Å². The average Bonchev–Trinajstić information content (AvgIpc) is 2.47. The number of anilines is 1. The number of pyridine rings is 1. The van der Waals surface area contributed by atoms with E-state index in [4.69, 9.17) is 11.1 Å². The van der Waals surface area contributed by atoms with Crippen molar-refractivity contribution in [2.75, 3.05) is 18.5 Å². The first kappa shape index (κ1) is 10.8. The lowest BCUT2D eigenvalue weighted by molar-refractivity contribution is 0.955. The Bertz CT molecular complexity index is 364. The zero-order valence-electron chi connectivity index (χ0n) is 7.95. The minimum Gasteiger partial charge on any atom is -0.382 e. The molecule has 3 N–H and O–H groups in total. The number of nitrogen functional groups attached to an aromatic ring is 1. The van der Waals surface area contributed by atoms with Crippen LogP contribution in [0.25, 0.3) is 0 Å². The smallest absolute Gasteiger partial charge is 0.141 e. The minimum absolute atomic E-state index is 0. The van der Waals surface area contributed by atoms with Gasteiger partial charge in [-0.25, -0.2) is 0 Å². The van der Waals surface area contributed by atoms with Crippen LogP contribution in [0.15, 0.2) is 12.3 Å². The van der Waals surface area contributed by atoms with Crippen LogP contribution in [0.3, 0.4) is 0 Å². The highest BCUT2D eigenvalue weighted by atomic mass is 35.5. The van der Waals surface area contributed by atoms with Crippen molar-refractivity contribution in [3.05, 3.63) is 23.5 Å². The Hall–Kier alpha value is -1.29. The summed E-state index contributed by atoms with van der Waals surface area (Å²) in [6, 6.07) is 1.90. The van der Waals surface area contributed by atoms with E-state index in [1.165, 1.54) is 5.56 Å². The highest BCUT2D eigenvalue weighted by Gasteiger charge is 2.16. The van der Waals surface area contributed by atoms with E-state index in [1.54, 1.807) is 6.20 Å². The van der Waals surface area contributed by atoms with Crippen LogP contribution in [-0.4, -0.2) is 24.4 Å². The van der Waals surface area contributed by atoms with Gasteiger partial charge in [-0.15, -0.1) is 12.4 Å². The molecule has 1 aliphatic rings. The van der Waals surface area contributed by atoms with Crippen molar-refractivity contribution >= 4 is 23.9 Å². The summed E-state index contributed by atoms with van der Waals surface area (Å²) in [6.07, 6.45) is 2.81. The number of likely N-dealkylation sites (N-methyl/N-ethyl adjacent to an activating group) is 1. The van der Waals surface area contributed by atoms with Crippen molar-refractivity contribution in [1.29, 1.82) is 5.41 Å². The molecule has 0 radical (unpaired) electrons. The van der Waals surface area contributed by atoms with Gasteiger partial charge < -0.3 is 10.6 Å². The van der Waals surface area contributed by atoms with Gasteiger partial charge in [0.25, 0.3) is 0 Å². The van der Waals surface area contributed by atoms with Crippen LogP contribution in [0.1, 0.15) is 11.3 Å². The Balaban J connectivity index is 0.000000980. The quantitative estimate of drug-likeness (QED) is 0.534. The van der Waals surface area contributed by atoms with Gasteiger partial charge in [0, 0.05) is 13.6 Å². The Morgan fingerprint density at radius 3 is 3.00 bits per heavy atom. The number of nitrogens with two attached hydrogens (primary N) is 1. The van der Waals surface area contributed by atoms with Crippen molar-refractivity contribution in [1.82, 2.24) is 4.98 Å². The van der Waals surface area contributed by atoms with E-state index in [1.807, 2.05) is 13.1 Å². The molecular weight excluding hydrogens is 200 g/mol. The maximum absolute atomic E-state index is 7.25. The molecule has 14 heavy (non-hydrogen) atoms. The molecule has 0 saturated carbocycles. The lowest BCUT2D eigenvalue weighted by atomic mass is 10.2. The zero-order chi connectivity index (χ0) is 9.42. The van der Waals surface area contributed by atoms with Crippen LogP contribution in [0.4, 0.5) is 5.69 Å². The summed E-state index contributed by atoms with van der Waals surface area (Å²) in [5.41, 5.74) is 8.32. The molecule has 2 rings (SSSR count). The van der Waals surface area contributed by atoms with E-state index in [2.05, 4.69) is 9.88 Å². The maximum Gasteiger partial charge on any atom is 0.141 e. The van der Waals surface area contributed by atoms with E-state index in [0.29, 0.717) is 5.69 Å². The fraction of sp³-hybridized carbons (Fsp3) is 0.333. The first-order valence-corrected chi connectivity index (χ1v) is 4.23. The lowest BCUT2D eigenvalue weighted by Gasteiger charge is -2.10. The Kier molecular flexibility index (Phi) is 2.96. The molecule has 0 bridgehead atoms. The molecular formula is C9H13ClN4. The number of hydrogen-bond acceptors (Lipinski definition) is 3. The fourth-order valence-electron chi connectivity index (χ4n) is 1.59. The molecule has 1 aromatic rings. The summed E-state index contributed by atoms with van der Waals surface area (Å²) in [7, 11) is 2.04. The summed E-state index contributed by atoms with van der Waals surface area (Å²) < 4.78 is 0. The number of nitrogens with one attached hydrogen (secondary N) is 1. The molecule has 1 aliphatic heterocycles. The molecule has 4 nitrogen and oxygen atoms in total. The molecule has 0 aromatic carbocycles. The summed E-state index contributed by atoms with van der Waals surface area (Å²) in [5.74, 6) is 0.0392. The Morgan fingerprint density at radius 2 is 2.36 bits per heavy atom. The summed E-state index contributed by atoms with van der Waals surface area (Å²) in [6.45, 7) is 1.03. The topological polar surface area (TPSA) is 66.0 Å². The monoisotopic (exact) mass is 212 g/mol. The van der Waals surface area contributed by atoms with Gasteiger partial charge >= 0.3 is 0 Å². The first-order valence-electron chi connectivity index (χ1n) is 4.23.